The van der Waals surface area contributed by atoms with Crippen molar-refractivity contribution >= 4 is 45.0 Å². The van der Waals surface area contributed by atoms with Crippen molar-refractivity contribution in [3.8, 4) is 0 Å². The zero-order valence-electron chi connectivity index (χ0n) is 12.3. The van der Waals surface area contributed by atoms with E-state index in [0.717, 1.165) is 34.3 Å². The number of thiophene rings is 1. The first-order valence-electron chi connectivity index (χ1n) is 7.22. The highest BCUT2D eigenvalue weighted by Crippen LogP contribution is 2.34. The molecule has 1 fully saturated rings. The predicted molar refractivity (Wildman–Crippen MR) is 90.1 cm³/mol. The summed E-state index contributed by atoms with van der Waals surface area (Å²) in [6.07, 6.45) is 4.31. The summed E-state index contributed by atoms with van der Waals surface area (Å²) >= 11 is 2.89. The molecule has 2 aromatic rings. The first kappa shape index (κ1) is 15.5. The molecule has 0 atom stereocenters. The number of rotatable bonds is 5. The minimum atomic E-state index is -0.171. The number of hydrogen-bond acceptors (Lipinski definition) is 7. The average molecular weight is 338 g/mol. The van der Waals surface area contributed by atoms with Crippen LogP contribution in [0.15, 0.2) is 11.2 Å². The Hall–Kier alpha value is -1.38. The fourth-order valence-corrected chi connectivity index (χ4v) is 3.88. The topological polar surface area (TPSA) is 78.4 Å². The summed E-state index contributed by atoms with van der Waals surface area (Å²) in [4.78, 5) is 25.0. The molecule has 3 rings (SSSR count). The fourth-order valence-electron chi connectivity index (χ4n) is 2.52. The van der Waals surface area contributed by atoms with Gasteiger partial charge in [-0.05, 0) is 25.2 Å². The van der Waals surface area contributed by atoms with E-state index in [-0.39, 0.29) is 19.1 Å². The van der Waals surface area contributed by atoms with Gasteiger partial charge in [-0.3, -0.25) is 4.79 Å². The van der Waals surface area contributed by atoms with E-state index in [1.165, 1.54) is 35.9 Å². The van der Waals surface area contributed by atoms with Gasteiger partial charge in [0.25, 0.3) is 5.91 Å². The lowest BCUT2D eigenvalue weighted by Gasteiger charge is -2.17. The van der Waals surface area contributed by atoms with Crippen molar-refractivity contribution < 1.29 is 9.90 Å². The number of amides is 1. The van der Waals surface area contributed by atoms with Gasteiger partial charge in [-0.2, -0.15) is 0 Å². The molecule has 0 spiro atoms. The number of aromatic nitrogens is 2. The van der Waals surface area contributed by atoms with E-state index in [1.807, 2.05) is 12.3 Å². The summed E-state index contributed by atoms with van der Waals surface area (Å²) in [5.41, 5.74) is 0. The van der Waals surface area contributed by atoms with Crippen LogP contribution in [0.4, 0.5) is 5.82 Å². The van der Waals surface area contributed by atoms with Crippen LogP contribution < -0.4 is 10.2 Å². The number of fused-ring (bicyclic) bond motifs is 1. The van der Waals surface area contributed by atoms with Gasteiger partial charge < -0.3 is 15.3 Å². The van der Waals surface area contributed by atoms with Crippen LogP contribution in [0.5, 0.6) is 0 Å². The summed E-state index contributed by atoms with van der Waals surface area (Å²) in [6, 6.07) is 1.87. The Balaban J connectivity index is 2.01. The highest BCUT2D eigenvalue weighted by molar-refractivity contribution is 7.98. The largest absolute Gasteiger partial charge is 0.395 e. The van der Waals surface area contributed by atoms with Crippen LogP contribution in [-0.2, 0) is 0 Å². The van der Waals surface area contributed by atoms with E-state index < -0.39 is 0 Å². The number of nitrogens with one attached hydrogen (secondary N) is 1. The molecule has 6 nitrogen and oxygen atoms in total. The Kier molecular flexibility index (Phi) is 4.80. The van der Waals surface area contributed by atoms with Crippen LogP contribution in [-0.4, -0.2) is 53.5 Å². The minimum absolute atomic E-state index is 0.0634. The standard InChI is InChI=1S/C14H18N4O2S2/c1-21-14-16-11(18-5-2-3-6-18)9-8-10(22-13(9)17-14)12(20)15-4-7-19/h8,19H,2-7H2,1H3,(H,15,20). The Bertz CT molecular complexity index is 683. The van der Waals surface area contributed by atoms with E-state index in [0.29, 0.717) is 4.88 Å². The molecule has 0 unspecified atom stereocenters. The lowest BCUT2D eigenvalue weighted by Crippen LogP contribution is -2.25. The van der Waals surface area contributed by atoms with E-state index in [9.17, 15) is 4.79 Å². The monoisotopic (exact) mass is 338 g/mol. The molecule has 1 amide bonds. The number of anilines is 1. The third-order valence-electron chi connectivity index (χ3n) is 3.56. The van der Waals surface area contributed by atoms with E-state index in [4.69, 9.17) is 5.11 Å². The lowest BCUT2D eigenvalue weighted by molar-refractivity contribution is 0.0949. The summed E-state index contributed by atoms with van der Waals surface area (Å²) in [5, 5.41) is 13.2. The highest BCUT2D eigenvalue weighted by atomic mass is 32.2. The molecule has 2 aromatic heterocycles. The van der Waals surface area contributed by atoms with Gasteiger partial charge in [-0.25, -0.2) is 9.97 Å². The number of thioether (sulfide) groups is 1. The zero-order chi connectivity index (χ0) is 15.5. The number of aliphatic hydroxyl groups is 1. The third-order valence-corrected chi connectivity index (χ3v) is 5.14. The van der Waals surface area contributed by atoms with Gasteiger partial charge in [-0.1, -0.05) is 11.8 Å². The Morgan fingerprint density at radius 2 is 2.23 bits per heavy atom. The van der Waals surface area contributed by atoms with Crippen molar-refractivity contribution in [1.29, 1.82) is 0 Å². The molecular formula is C14H18N4O2S2. The second kappa shape index (κ2) is 6.80. The summed E-state index contributed by atoms with van der Waals surface area (Å²) in [5.74, 6) is 0.763. The van der Waals surface area contributed by atoms with E-state index in [1.54, 1.807) is 0 Å². The summed E-state index contributed by atoms with van der Waals surface area (Å²) in [7, 11) is 0. The van der Waals surface area contributed by atoms with Crippen molar-refractivity contribution in [2.75, 3.05) is 37.4 Å². The lowest BCUT2D eigenvalue weighted by atomic mass is 10.3. The molecule has 0 aromatic carbocycles. The van der Waals surface area contributed by atoms with Crippen molar-refractivity contribution in [3.63, 3.8) is 0 Å². The van der Waals surface area contributed by atoms with Gasteiger partial charge in [-0.15, -0.1) is 11.3 Å². The fraction of sp³-hybridized carbons (Fsp3) is 0.500. The SMILES string of the molecule is CSc1nc(N2CCCC2)c2cc(C(=O)NCCO)sc2n1. The van der Waals surface area contributed by atoms with Gasteiger partial charge in [0.2, 0.25) is 0 Å². The van der Waals surface area contributed by atoms with Crippen molar-refractivity contribution in [2.24, 2.45) is 0 Å². The quantitative estimate of drug-likeness (QED) is 0.639. The van der Waals surface area contributed by atoms with Crippen LogP contribution >= 0.6 is 23.1 Å². The van der Waals surface area contributed by atoms with E-state index >= 15 is 0 Å². The molecule has 1 aliphatic rings. The number of nitrogens with zero attached hydrogens (tertiary/aromatic N) is 3. The van der Waals surface area contributed by atoms with Crippen LogP contribution in [0.2, 0.25) is 0 Å². The Labute approximate surface area is 136 Å². The first-order valence-corrected chi connectivity index (χ1v) is 9.26. The average Bonchev–Trinajstić information content (AvgIpc) is 3.20. The number of carbonyl (C=O) groups excluding carboxylic acids is 1. The molecule has 0 saturated carbocycles. The molecular weight excluding hydrogens is 320 g/mol. The molecule has 1 aliphatic heterocycles. The number of carbonyl (C=O) groups is 1. The first-order chi connectivity index (χ1) is 10.7. The van der Waals surface area contributed by atoms with Crippen molar-refractivity contribution in [1.82, 2.24) is 15.3 Å². The van der Waals surface area contributed by atoms with Crippen LogP contribution in [0.3, 0.4) is 0 Å². The maximum absolute atomic E-state index is 12.1. The maximum atomic E-state index is 12.1. The van der Waals surface area contributed by atoms with E-state index in [2.05, 4.69) is 20.2 Å². The van der Waals surface area contributed by atoms with Crippen molar-refractivity contribution in [3.05, 3.63) is 10.9 Å². The predicted octanol–water partition coefficient (Wildman–Crippen LogP) is 1.74. The molecule has 1 saturated heterocycles. The zero-order valence-corrected chi connectivity index (χ0v) is 14.0. The van der Waals surface area contributed by atoms with Gasteiger partial charge >= 0.3 is 0 Å². The Morgan fingerprint density at radius 3 is 2.91 bits per heavy atom. The third kappa shape index (κ3) is 3.04. The van der Waals surface area contributed by atoms with Crippen LogP contribution in [0, 0.1) is 0 Å². The second-order valence-corrected chi connectivity index (χ2v) is 6.84. The molecule has 0 aliphatic carbocycles. The van der Waals surface area contributed by atoms with Gasteiger partial charge in [0.05, 0.1) is 16.9 Å². The van der Waals surface area contributed by atoms with Gasteiger partial charge in [0, 0.05) is 19.6 Å². The molecule has 8 heteroatoms. The highest BCUT2D eigenvalue weighted by Gasteiger charge is 2.21. The number of aliphatic hydroxyl groups excluding tert-OH is 1. The molecule has 22 heavy (non-hydrogen) atoms. The van der Waals surface area contributed by atoms with Gasteiger partial charge in [0.15, 0.2) is 5.16 Å². The number of hydrogen-bond donors (Lipinski definition) is 2. The second-order valence-electron chi connectivity index (χ2n) is 5.04. The van der Waals surface area contributed by atoms with Crippen molar-refractivity contribution in [2.45, 2.75) is 18.0 Å². The Morgan fingerprint density at radius 1 is 1.45 bits per heavy atom. The molecule has 0 radical (unpaired) electrons. The molecule has 2 N–H and O–H groups in total. The smallest absolute Gasteiger partial charge is 0.261 e. The molecule has 118 valence electrons. The molecule has 3 heterocycles. The van der Waals surface area contributed by atoms with Crippen LogP contribution in [0.1, 0.15) is 22.5 Å². The summed E-state index contributed by atoms with van der Waals surface area (Å²) in [6.45, 7) is 2.20. The van der Waals surface area contributed by atoms with Gasteiger partial charge in [0.1, 0.15) is 10.6 Å². The minimum Gasteiger partial charge on any atom is -0.395 e. The maximum Gasteiger partial charge on any atom is 0.261 e. The normalized spacial score (nSPS) is 14.7. The van der Waals surface area contributed by atoms with Crippen LogP contribution in [0.25, 0.3) is 10.2 Å². The summed E-state index contributed by atoms with van der Waals surface area (Å²) < 4.78 is 0. The molecule has 0 bridgehead atoms.